The van der Waals surface area contributed by atoms with Gasteiger partial charge in [-0.3, -0.25) is 4.79 Å². The number of ether oxygens (including phenoxy) is 1. The molecule has 0 atom stereocenters. The van der Waals surface area contributed by atoms with Crippen LogP contribution in [0.2, 0.25) is 0 Å². The monoisotopic (exact) mass is 362 g/mol. The lowest BCUT2D eigenvalue weighted by Gasteiger charge is -2.21. The number of hydrogen-bond acceptors (Lipinski definition) is 5. The molecule has 0 bridgehead atoms. The molecule has 0 aliphatic rings. The second-order valence-corrected chi connectivity index (χ2v) is 7.18. The first kappa shape index (κ1) is 19.4. The number of thiazole rings is 1. The Morgan fingerprint density at radius 3 is 2.76 bits per heavy atom. The van der Waals surface area contributed by atoms with Crippen LogP contribution >= 0.6 is 11.3 Å². The summed E-state index contributed by atoms with van der Waals surface area (Å²) in [5.74, 6) is 0.990. The maximum atomic E-state index is 13.0. The lowest BCUT2D eigenvalue weighted by molar-refractivity contribution is 0.0711. The molecule has 2 aromatic rings. The van der Waals surface area contributed by atoms with E-state index >= 15 is 0 Å². The molecule has 0 saturated carbocycles. The fraction of sp³-hybridized carbons (Fsp3) is 0.474. The minimum atomic E-state index is -0.0854. The Hall–Kier alpha value is -1.92. The number of aromatic nitrogens is 1. The largest absolute Gasteiger partial charge is 0.494 e. The molecule has 0 spiro atoms. The van der Waals surface area contributed by atoms with Crippen LogP contribution in [0, 0.1) is 6.92 Å². The lowest BCUT2D eigenvalue weighted by Crippen LogP contribution is -2.33. The fourth-order valence-electron chi connectivity index (χ4n) is 2.50. The van der Waals surface area contributed by atoms with Crippen molar-refractivity contribution in [2.75, 3.05) is 19.8 Å². The molecule has 1 N–H and O–H groups in total. The van der Waals surface area contributed by atoms with Gasteiger partial charge in [0.25, 0.3) is 5.91 Å². The smallest absolute Gasteiger partial charge is 0.266 e. The Balaban J connectivity index is 2.22. The average molecular weight is 362 g/mol. The van der Waals surface area contributed by atoms with Crippen molar-refractivity contribution in [1.29, 1.82) is 0 Å². The Bertz CT molecular complexity index is 712. The number of carbonyl (C=O) groups is 1. The van der Waals surface area contributed by atoms with Crippen molar-refractivity contribution in [3.63, 3.8) is 0 Å². The number of aliphatic hydroxyl groups is 1. The van der Waals surface area contributed by atoms with E-state index in [0.29, 0.717) is 23.9 Å². The number of carbonyl (C=O) groups excluding carboxylic acids is 1. The maximum absolute atomic E-state index is 13.0. The van der Waals surface area contributed by atoms with E-state index in [-0.39, 0.29) is 19.1 Å². The summed E-state index contributed by atoms with van der Waals surface area (Å²) in [7, 11) is 0. The van der Waals surface area contributed by atoms with Gasteiger partial charge >= 0.3 is 0 Å². The molecule has 0 saturated heterocycles. The van der Waals surface area contributed by atoms with E-state index < -0.39 is 0 Å². The van der Waals surface area contributed by atoms with Crippen molar-refractivity contribution < 1.29 is 14.6 Å². The van der Waals surface area contributed by atoms with Crippen molar-refractivity contribution in [2.45, 2.75) is 40.2 Å². The van der Waals surface area contributed by atoms with E-state index in [1.54, 1.807) is 4.90 Å². The molecule has 0 radical (unpaired) electrons. The predicted molar refractivity (Wildman–Crippen MR) is 100 cm³/mol. The fourth-order valence-corrected chi connectivity index (χ4v) is 3.54. The number of hydrogen-bond donors (Lipinski definition) is 1. The van der Waals surface area contributed by atoms with Gasteiger partial charge in [-0.2, -0.15) is 0 Å². The number of nitrogens with zero attached hydrogens (tertiary/aromatic N) is 2. The Labute approximate surface area is 153 Å². The van der Waals surface area contributed by atoms with E-state index in [2.05, 4.69) is 18.8 Å². The first-order valence-electron chi connectivity index (χ1n) is 8.55. The summed E-state index contributed by atoms with van der Waals surface area (Å²) in [6, 6.07) is 7.70. The van der Waals surface area contributed by atoms with Gasteiger partial charge < -0.3 is 14.7 Å². The molecule has 1 heterocycles. The molecular weight excluding hydrogens is 336 g/mol. The van der Waals surface area contributed by atoms with Crippen LogP contribution in [0.25, 0.3) is 0 Å². The zero-order chi connectivity index (χ0) is 18.4. The van der Waals surface area contributed by atoms with Crippen molar-refractivity contribution in [3.8, 4) is 5.75 Å². The Morgan fingerprint density at radius 2 is 2.16 bits per heavy atom. The van der Waals surface area contributed by atoms with Crippen LogP contribution in [0.3, 0.4) is 0 Å². The summed E-state index contributed by atoms with van der Waals surface area (Å²) in [5, 5.41) is 10.3. The lowest BCUT2D eigenvalue weighted by atomic mass is 10.2. The molecule has 0 unspecified atom stereocenters. The quantitative estimate of drug-likeness (QED) is 0.779. The molecule has 6 heteroatoms. The third-order valence-electron chi connectivity index (χ3n) is 3.74. The molecule has 1 amide bonds. The molecule has 25 heavy (non-hydrogen) atoms. The zero-order valence-electron chi connectivity index (χ0n) is 15.3. The normalized spacial score (nSPS) is 11.0. The molecule has 5 nitrogen and oxygen atoms in total. The van der Waals surface area contributed by atoms with Crippen molar-refractivity contribution in [3.05, 3.63) is 45.4 Å². The number of amides is 1. The van der Waals surface area contributed by atoms with Crippen LogP contribution in [-0.2, 0) is 6.54 Å². The summed E-state index contributed by atoms with van der Waals surface area (Å²) < 4.78 is 5.52. The standard InChI is InChI=1S/C19H26N2O3S/c1-5-24-16-8-6-7-15(11-16)12-21(9-10-22)19(23)17-14(4)20-18(25-17)13(2)3/h6-8,11,13,22H,5,9-10,12H2,1-4H3. The van der Waals surface area contributed by atoms with Crippen molar-refractivity contribution >= 4 is 17.2 Å². The van der Waals surface area contributed by atoms with Crippen LogP contribution in [0.1, 0.15) is 52.6 Å². The summed E-state index contributed by atoms with van der Waals surface area (Å²) in [6.45, 7) is 9.16. The number of aryl methyl sites for hydroxylation is 1. The van der Waals surface area contributed by atoms with Crippen molar-refractivity contribution in [2.24, 2.45) is 0 Å². The summed E-state index contributed by atoms with van der Waals surface area (Å²) >= 11 is 1.44. The van der Waals surface area contributed by atoms with Gasteiger partial charge in [0.05, 0.1) is 23.9 Å². The number of benzene rings is 1. The highest BCUT2D eigenvalue weighted by molar-refractivity contribution is 7.13. The van der Waals surface area contributed by atoms with Gasteiger partial charge in [0, 0.05) is 19.0 Å². The van der Waals surface area contributed by atoms with Crippen molar-refractivity contribution in [1.82, 2.24) is 9.88 Å². The van der Waals surface area contributed by atoms with Crippen LogP contribution in [0.4, 0.5) is 0 Å². The van der Waals surface area contributed by atoms with E-state index in [4.69, 9.17) is 4.74 Å². The van der Waals surface area contributed by atoms with E-state index in [9.17, 15) is 9.90 Å². The van der Waals surface area contributed by atoms with Gasteiger partial charge in [0.15, 0.2) is 0 Å². The van der Waals surface area contributed by atoms with Crippen LogP contribution in [-0.4, -0.2) is 40.7 Å². The third kappa shape index (κ3) is 5.03. The molecule has 0 fully saturated rings. The van der Waals surface area contributed by atoms with Gasteiger partial charge in [-0.1, -0.05) is 26.0 Å². The average Bonchev–Trinajstić information content (AvgIpc) is 2.97. The van der Waals surface area contributed by atoms with E-state index in [1.807, 2.05) is 38.1 Å². The highest BCUT2D eigenvalue weighted by atomic mass is 32.1. The Morgan fingerprint density at radius 1 is 1.40 bits per heavy atom. The van der Waals surface area contributed by atoms with Gasteiger partial charge in [-0.15, -0.1) is 11.3 Å². The maximum Gasteiger partial charge on any atom is 0.266 e. The highest BCUT2D eigenvalue weighted by Crippen LogP contribution is 2.26. The second kappa shape index (κ2) is 8.97. The van der Waals surface area contributed by atoms with Crippen LogP contribution in [0.15, 0.2) is 24.3 Å². The summed E-state index contributed by atoms with van der Waals surface area (Å²) in [4.78, 5) is 19.8. The van der Waals surface area contributed by atoms with Gasteiger partial charge in [0.1, 0.15) is 10.6 Å². The van der Waals surface area contributed by atoms with E-state index in [0.717, 1.165) is 22.0 Å². The van der Waals surface area contributed by atoms with Gasteiger partial charge in [-0.05, 0) is 31.5 Å². The SMILES string of the molecule is CCOc1cccc(CN(CCO)C(=O)c2sc(C(C)C)nc2C)c1. The molecule has 1 aromatic heterocycles. The summed E-state index contributed by atoms with van der Waals surface area (Å²) in [6.07, 6.45) is 0. The minimum absolute atomic E-state index is 0.0776. The summed E-state index contributed by atoms with van der Waals surface area (Å²) in [5.41, 5.74) is 1.73. The number of aliphatic hydroxyl groups excluding tert-OH is 1. The third-order valence-corrected chi connectivity index (χ3v) is 5.19. The Kier molecular flexibility index (Phi) is 6.96. The minimum Gasteiger partial charge on any atom is -0.494 e. The molecule has 1 aromatic carbocycles. The molecule has 0 aliphatic heterocycles. The molecule has 2 rings (SSSR count). The predicted octanol–water partition coefficient (Wildman–Crippen LogP) is 3.61. The molecule has 136 valence electrons. The zero-order valence-corrected chi connectivity index (χ0v) is 16.1. The first-order valence-corrected chi connectivity index (χ1v) is 9.37. The highest BCUT2D eigenvalue weighted by Gasteiger charge is 2.22. The van der Waals surface area contributed by atoms with Crippen LogP contribution in [0.5, 0.6) is 5.75 Å². The number of rotatable bonds is 8. The molecule has 0 aliphatic carbocycles. The van der Waals surface area contributed by atoms with Gasteiger partial charge in [0.2, 0.25) is 0 Å². The van der Waals surface area contributed by atoms with E-state index in [1.165, 1.54) is 11.3 Å². The second-order valence-electron chi connectivity index (χ2n) is 6.15. The van der Waals surface area contributed by atoms with Crippen LogP contribution < -0.4 is 4.74 Å². The topological polar surface area (TPSA) is 62.7 Å². The van der Waals surface area contributed by atoms with Gasteiger partial charge in [-0.25, -0.2) is 4.98 Å². The first-order chi connectivity index (χ1) is 12.0. The molecular formula is C19H26N2O3S.